The maximum atomic E-state index is 11.5. The second kappa shape index (κ2) is 5.55. The van der Waals surface area contributed by atoms with Crippen molar-refractivity contribution in [3.05, 3.63) is 12.4 Å². The lowest BCUT2D eigenvalue weighted by Gasteiger charge is -2.27. The molecule has 2 fully saturated rings. The van der Waals surface area contributed by atoms with Gasteiger partial charge in [0.05, 0.1) is 11.5 Å². The Bertz CT molecular complexity index is 569. The third kappa shape index (κ3) is 3.20. The van der Waals surface area contributed by atoms with Crippen molar-refractivity contribution in [1.82, 2.24) is 9.97 Å². The minimum Gasteiger partial charge on any atom is -0.366 e. The zero-order chi connectivity index (χ0) is 14.0. The summed E-state index contributed by atoms with van der Waals surface area (Å²) in [5.74, 6) is 2.14. The van der Waals surface area contributed by atoms with Crippen LogP contribution in [0.1, 0.15) is 25.7 Å². The monoisotopic (exact) mass is 296 g/mol. The van der Waals surface area contributed by atoms with Gasteiger partial charge in [0.25, 0.3) is 0 Å². The Kier molecular flexibility index (Phi) is 3.78. The van der Waals surface area contributed by atoms with Crippen molar-refractivity contribution < 1.29 is 8.42 Å². The summed E-state index contributed by atoms with van der Waals surface area (Å²) in [4.78, 5) is 10.8. The van der Waals surface area contributed by atoms with Gasteiger partial charge in [0.15, 0.2) is 9.84 Å². The first-order chi connectivity index (χ1) is 9.62. The molecule has 3 heterocycles. The van der Waals surface area contributed by atoms with Crippen LogP contribution in [0.15, 0.2) is 12.4 Å². The maximum Gasteiger partial charge on any atom is 0.152 e. The van der Waals surface area contributed by atoms with E-state index in [1.807, 2.05) is 6.07 Å². The molecule has 0 saturated carbocycles. The Balaban J connectivity index is 1.68. The van der Waals surface area contributed by atoms with Crippen molar-refractivity contribution in [2.75, 3.05) is 34.8 Å². The molecule has 0 aromatic carbocycles. The van der Waals surface area contributed by atoms with E-state index in [0.29, 0.717) is 6.42 Å². The van der Waals surface area contributed by atoms with E-state index in [9.17, 15) is 8.42 Å². The molecule has 2 saturated heterocycles. The summed E-state index contributed by atoms with van der Waals surface area (Å²) in [5.41, 5.74) is 0. The van der Waals surface area contributed by atoms with E-state index in [-0.39, 0.29) is 17.5 Å². The fourth-order valence-corrected chi connectivity index (χ4v) is 4.51. The second-order valence-corrected chi connectivity index (χ2v) is 7.78. The number of nitrogens with zero attached hydrogens (tertiary/aromatic N) is 3. The highest BCUT2D eigenvalue weighted by Crippen LogP contribution is 2.21. The zero-order valence-electron chi connectivity index (χ0n) is 11.5. The number of anilines is 2. The summed E-state index contributed by atoms with van der Waals surface area (Å²) < 4.78 is 22.9. The number of nitrogens with one attached hydrogen (secondary N) is 1. The molecule has 1 atom stereocenters. The molecule has 1 N–H and O–H groups in total. The van der Waals surface area contributed by atoms with Gasteiger partial charge in [0.2, 0.25) is 0 Å². The molecule has 0 amide bonds. The maximum absolute atomic E-state index is 11.5. The van der Waals surface area contributed by atoms with Gasteiger partial charge in [-0.1, -0.05) is 0 Å². The Hall–Kier alpha value is -1.37. The molecule has 0 bridgehead atoms. The van der Waals surface area contributed by atoms with E-state index in [1.165, 1.54) is 19.3 Å². The number of sulfone groups is 1. The van der Waals surface area contributed by atoms with E-state index in [4.69, 9.17) is 0 Å². The van der Waals surface area contributed by atoms with Crippen LogP contribution in [0.2, 0.25) is 0 Å². The van der Waals surface area contributed by atoms with Crippen molar-refractivity contribution in [2.45, 2.75) is 31.7 Å². The standard InChI is InChI=1S/C13H20N4O2S/c18-20(19)7-4-11(9-20)16-12-8-13(15-10-14-12)17-5-2-1-3-6-17/h8,10-11H,1-7,9H2,(H,14,15,16). The largest absolute Gasteiger partial charge is 0.366 e. The van der Waals surface area contributed by atoms with Crippen LogP contribution < -0.4 is 10.2 Å². The fraction of sp³-hybridized carbons (Fsp3) is 0.692. The molecular weight excluding hydrogens is 276 g/mol. The quantitative estimate of drug-likeness (QED) is 0.899. The first-order valence-electron chi connectivity index (χ1n) is 7.16. The fourth-order valence-electron chi connectivity index (χ4n) is 2.84. The Morgan fingerprint density at radius 1 is 1.20 bits per heavy atom. The number of hydrogen-bond acceptors (Lipinski definition) is 6. The molecule has 2 aliphatic rings. The molecule has 1 aromatic rings. The van der Waals surface area contributed by atoms with Crippen LogP contribution in [-0.2, 0) is 9.84 Å². The van der Waals surface area contributed by atoms with Gasteiger partial charge in [-0.25, -0.2) is 18.4 Å². The van der Waals surface area contributed by atoms with E-state index < -0.39 is 9.84 Å². The first kappa shape index (κ1) is 13.6. The summed E-state index contributed by atoms with van der Waals surface area (Å²) >= 11 is 0. The SMILES string of the molecule is O=S1(=O)CCC(Nc2cc(N3CCCCC3)ncn2)C1. The third-order valence-electron chi connectivity index (χ3n) is 3.92. The average Bonchev–Trinajstić information content (AvgIpc) is 2.79. The van der Waals surface area contributed by atoms with Gasteiger partial charge in [0.1, 0.15) is 18.0 Å². The molecule has 0 aliphatic carbocycles. The van der Waals surface area contributed by atoms with Crippen LogP contribution in [0.25, 0.3) is 0 Å². The molecule has 20 heavy (non-hydrogen) atoms. The smallest absolute Gasteiger partial charge is 0.152 e. The first-order valence-corrected chi connectivity index (χ1v) is 8.98. The Morgan fingerprint density at radius 2 is 2.00 bits per heavy atom. The lowest BCUT2D eigenvalue weighted by Crippen LogP contribution is -2.30. The van der Waals surface area contributed by atoms with Crippen LogP contribution in [0.4, 0.5) is 11.6 Å². The van der Waals surface area contributed by atoms with Gasteiger partial charge >= 0.3 is 0 Å². The molecule has 1 aromatic heterocycles. The molecule has 110 valence electrons. The highest BCUT2D eigenvalue weighted by atomic mass is 32.2. The van der Waals surface area contributed by atoms with Gasteiger partial charge in [0, 0.05) is 25.2 Å². The molecule has 1 unspecified atom stereocenters. The third-order valence-corrected chi connectivity index (χ3v) is 5.69. The van der Waals surface area contributed by atoms with Crippen LogP contribution in [0.5, 0.6) is 0 Å². The van der Waals surface area contributed by atoms with Crippen LogP contribution >= 0.6 is 0 Å². The molecule has 6 nitrogen and oxygen atoms in total. The minimum absolute atomic E-state index is 0.0240. The summed E-state index contributed by atoms with van der Waals surface area (Å²) in [6.07, 6.45) is 5.90. The van der Waals surface area contributed by atoms with Crippen molar-refractivity contribution in [3.8, 4) is 0 Å². The van der Waals surface area contributed by atoms with E-state index in [0.717, 1.165) is 24.7 Å². The van der Waals surface area contributed by atoms with E-state index in [1.54, 1.807) is 6.33 Å². The Morgan fingerprint density at radius 3 is 2.70 bits per heavy atom. The van der Waals surface area contributed by atoms with Gasteiger partial charge in [-0.15, -0.1) is 0 Å². The average molecular weight is 296 g/mol. The summed E-state index contributed by atoms with van der Waals surface area (Å²) in [6.45, 7) is 2.07. The molecule has 0 radical (unpaired) electrons. The summed E-state index contributed by atoms with van der Waals surface area (Å²) in [7, 11) is -2.86. The normalized spacial score (nSPS) is 25.6. The van der Waals surface area contributed by atoms with Crippen molar-refractivity contribution in [1.29, 1.82) is 0 Å². The molecule has 2 aliphatic heterocycles. The lowest BCUT2D eigenvalue weighted by atomic mass is 10.1. The highest BCUT2D eigenvalue weighted by molar-refractivity contribution is 7.91. The van der Waals surface area contributed by atoms with E-state index >= 15 is 0 Å². The predicted octanol–water partition coefficient (Wildman–Crippen LogP) is 1.07. The van der Waals surface area contributed by atoms with Crippen LogP contribution in [-0.4, -0.2) is 49.0 Å². The van der Waals surface area contributed by atoms with Crippen molar-refractivity contribution in [2.24, 2.45) is 0 Å². The van der Waals surface area contributed by atoms with E-state index in [2.05, 4.69) is 20.2 Å². The highest BCUT2D eigenvalue weighted by Gasteiger charge is 2.28. The van der Waals surface area contributed by atoms with Crippen LogP contribution in [0.3, 0.4) is 0 Å². The lowest BCUT2D eigenvalue weighted by molar-refractivity contribution is 0.573. The summed E-state index contributed by atoms with van der Waals surface area (Å²) in [5, 5.41) is 3.22. The zero-order valence-corrected chi connectivity index (χ0v) is 12.3. The molecular formula is C13H20N4O2S. The number of hydrogen-bond donors (Lipinski definition) is 1. The van der Waals surface area contributed by atoms with Gasteiger partial charge in [-0.3, -0.25) is 0 Å². The number of aromatic nitrogens is 2. The number of piperidine rings is 1. The molecule has 3 rings (SSSR count). The van der Waals surface area contributed by atoms with Gasteiger partial charge in [-0.2, -0.15) is 0 Å². The Labute approximate surface area is 119 Å². The molecule has 0 spiro atoms. The topological polar surface area (TPSA) is 75.2 Å². The summed E-state index contributed by atoms with van der Waals surface area (Å²) in [6, 6.07) is 1.90. The van der Waals surface area contributed by atoms with Crippen molar-refractivity contribution >= 4 is 21.5 Å². The van der Waals surface area contributed by atoms with Gasteiger partial charge in [-0.05, 0) is 25.7 Å². The van der Waals surface area contributed by atoms with Gasteiger partial charge < -0.3 is 10.2 Å². The van der Waals surface area contributed by atoms with Crippen LogP contribution in [0, 0.1) is 0 Å². The minimum atomic E-state index is -2.86. The predicted molar refractivity (Wildman–Crippen MR) is 78.8 cm³/mol. The number of rotatable bonds is 3. The molecule has 7 heteroatoms. The second-order valence-electron chi connectivity index (χ2n) is 5.55. The van der Waals surface area contributed by atoms with Crippen molar-refractivity contribution in [3.63, 3.8) is 0 Å².